The summed E-state index contributed by atoms with van der Waals surface area (Å²) in [5.74, 6) is 2.08. The van der Waals surface area contributed by atoms with Gasteiger partial charge in [0, 0.05) is 12.0 Å². The van der Waals surface area contributed by atoms with Gasteiger partial charge in [0.1, 0.15) is 11.5 Å². The molecule has 1 heterocycles. The first-order valence-electron chi connectivity index (χ1n) is 6.49. The van der Waals surface area contributed by atoms with Gasteiger partial charge in [-0.05, 0) is 42.0 Å². The van der Waals surface area contributed by atoms with Crippen molar-refractivity contribution in [2.24, 2.45) is 0 Å². The Kier molecular flexibility index (Phi) is 3.55. The van der Waals surface area contributed by atoms with E-state index in [0.717, 1.165) is 16.9 Å². The Bertz CT molecular complexity index is 718. The average Bonchev–Trinajstić information content (AvgIpc) is 2.97. The third-order valence-corrected chi connectivity index (χ3v) is 3.10. The van der Waals surface area contributed by atoms with Crippen molar-refractivity contribution in [2.75, 3.05) is 7.11 Å². The molecule has 0 aliphatic carbocycles. The quantitative estimate of drug-likeness (QED) is 0.796. The van der Waals surface area contributed by atoms with Crippen molar-refractivity contribution in [3.8, 4) is 23.0 Å². The van der Waals surface area contributed by atoms with Crippen LogP contribution in [0.1, 0.15) is 11.4 Å². The maximum Gasteiger partial charge on any atom is 0.257 e. The number of hydrogen-bond donors (Lipinski definition) is 1. The molecule has 1 aromatic heterocycles. The van der Waals surface area contributed by atoms with Crippen LogP contribution in [0.25, 0.3) is 11.5 Å². The van der Waals surface area contributed by atoms with E-state index in [1.807, 2.05) is 24.3 Å². The van der Waals surface area contributed by atoms with Crippen molar-refractivity contribution in [2.45, 2.75) is 6.42 Å². The smallest absolute Gasteiger partial charge is 0.257 e. The molecule has 5 heteroatoms. The zero-order valence-electron chi connectivity index (χ0n) is 11.5. The average molecular weight is 282 g/mol. The van der Waals surface area contributed by atoms with Gasteiger partial charge in [-0.15, -0.1) is 0 Å². The molecular weight excluding hydrogens is 268 g/mol. The van der Waals surface area contributed by atoms with Crippen molar-refractivity contribution in [1.82, 2.24) is 10.1 Å². The van der Waals surface area contributed by atoms with Crippen LogP contribution < -0.4 is 4.74 Å². The van der Waals surface area contributed by atoms with Crippen LogP contribution in [0, 0.1) is 0 Å². The van der Waals surface area contributed by atoms with E-state index in [9.17, 15) is 5.11 Å². The zero-order chi connectivity index (χ0) is 14.7. The Balaban J connectivity index is 1.76. The standard InChI is InChI=1S/C16H14N2O3/c1-20-14-8-2-11(3-9-14)10-15-17-16(21-18-15)12-4-6-13(19)7-5-12/h2-9,19H,10H2,1H3. The van der Waals surface area contributed by atoms with Gasteiger partial charge in [-0.1, -0.05) is 17.3 Å². The number of rotatable bonds is 4. The molecule has 0 spiro atoms. The minimum atomic E-state index is 0.205. The highest BCUT2D eigenvalue weighted by atomic mass is 16.5. The molecule has 21 heavy (non-hydrogen) atoms. The molecule has 0 atom stereocenters. The number of phenols is 1. The predicted molar refractivity (Wildman–Crippen MR) is 77.2 cm³/mol. The highest BCUT2D eigenvalue weighted by molar-refractivity contribution is 5.54. The topological polar surface area (TPSA) is 68.4 Å². The highest BCUT2D eigenvalue weighted by Crippen LogP contribution is 2.21. The summed E-state index contributed by atoms with van der Waals surface area (Å²) >= 11 is 0. The van der Waals surface area contributed by atoms with E-state index in [-0.39, 0.29) is 5.75 Å². The number of benzene rings is 2. The van der Waals surface area contributed by atoms with Crippen LogP contribution in [-0.2, 0) is 6.42 Å². The Morgan fingerprint density at radius 3 is 2.43 bits per heavy atom. The van der Waals surface area contributed by atoms with Gasteiger partial charge in [0.05, 0.1) is 7.11 Å². The first-order chi connectivity index (χ1) is 10.2. The number of aromatic nitrogens is 2. The minimum absolute atomic E-state index is 0.205. The monoisotopic (exact) mass is 282 g/mol. The van der Waals surface area contributed by atoms with Crippen LogP contribution in [0.4, 0.5) is 0 Å². The molecule has 0 unspecified atom stereocenters. The largest absolute Gasteiger partial charge is 0.508 e. The van der Waals surface area contributed by atoms with E-state index in [1.54, 1.807) is 31.4 Å². The summed E-state index contributed by atoms with van der Waals surface area (Å²) < 4.78 is 10.4. The summed E-state index contributed by atoms with van der Waals surface area (Å²) in [7, 11) is 1.64. The van der Waals surface area contributed by atoms with Gasteiger partial charge in [0.2, 0.25) is 0 Å². The third kappa shape index (κ3) is 3.02. The molecule has 2 aromatic carbocycles. The summed E-state index contributed by atoms with van der Waals surface area (Å²) in [5, 5.41) is 13.2. The summed E-state index contributed by atoms with van der Waals surface area (Å²) in [5.41, 5.74) is 1.86. The molecule has 3 rings (SSSR count). The van der Waals surface area contributed by atoms with Crippen LogP contribution in [0.2, 0.25) is 0 Å². The van der Waals surface area contributed by atoms with Crippen LogP contribution in [0.5, 0.6) is 11.5 Å². The first-order valence-corrected chi connectivity index (χ1v) is 6.49. The van der Waals surface area contributed by atoms with Crippen LogP contribution >= 0.6 is 0 Å². The summed E-state index contributed by atoms with van der Waals surface area (Å²) in [6.07, 6.45) is 0.589. The number of hydrogen-bond acceptors (Lipinski definition) is 5. The second-order valence-corrected chi connectivity index (χ2v) is 4.59. The van der Waals surface area contributed by atoms with Crippen LogP contribution in [0.15, 0.2) is 53.1 Å². The zero-order valence-corrected chi connectivity index (χ0v) is 11.5. The van der Waals surface area contributed by atoms with Crippen molar-refractivity contribution in [1.29, 1.82) is 0 Å². The van der Waals surface area contributed by atoms with Crippen molar-refractivity contribution < 1.29 is 14.4 Å². The van der Waals surface area contributed by atoms with Crippen LogP contribution in [-0.4, -0.2) is 22.4 Å². The minimum Gasteiger partial charge on any atom is -0.508 e. The van der Waals surface area contributed by atoms with E-state index in [2.05, 4.69) is 10.1 Å². The van der Waals surface area contributed by atoms with Gasteiger partial charge in [-0.25, -0.2) is 0 Å². The lowest BCUT2D eigenvalue weighted by Crippen LogP contribution is -1.91. The summed E-state index contributed by atoms with van der Waals surface area (Å²) in [4.78, 5) is 4.36. The van der Waals surface area contributed by atoms with Crippen molar-refractivity contribution >= 4 is 0 Å². The molecule has 0 bridgehead atoms. The predicted octanol–water partition coefficient (Wildman–Crippen LogP) is 3.04. The van der Waals surface area contributed by atoms with Crippen molar-refractivity contribution in [3.05, 3.63) is 59.9 Å². The molecule has 5 nitrogen and oxygen atoms in total. The van der Waals surface area contributed by atoms with Crippen molar-refractivity contribution in [3.63, 3.8) is 0 Å². The number of ether oxygens (including phenoxy) is 1. The summed E-state index contributed by atoms with van der Waals surface area (Å²) in [6.45, 7) is 0. The normalized spacial score (nSPS) is 10.5. The fraction of sp³-hybridized carbons (Fsp3) is 0.125. The SMILES string of the molecule is COc1ccc(Cc2noc(-c3ccc(O)cc3)n2)cc1. The Morgan fingerprint density at radius 1 is 1.05 bits per heavy atom. The lowest BCUT2D eigenvalue weighted by molar-refractivity contribution is 0.414. The molecule has 0 saturated carbocycles. The fourth-order valence-corrected chi connectivity index (χ4v) is 1.97. The lowest BCUT2D eigenvalue weighted by atomic mass is 10.1. The van der Waals surface area contributed by atoms with Gasteiger partial charge in [0.25, 0.3) is 5.89 Å². The second-order valence-electron chi connectivity index (χ2n) is 4.59. The molecule has 0 fully saturated rings. The maximum absolute atomic E-state index is 9.27. The molecule has 0 amide bonds. The van der Waals surface area contributed by atoms with Gasteiger partial charge < -0.3 is 14.4 Å². The van der Waals surface area contributed by atoms with Crippen LogP contribution in [0.3, 0.4) is 0 Å². The Hall–Kier alpha value is -2.82. The fourth-order valence-electron chi connectivity index (χ4n) is 1.97. The molecule has 0 saturated heterocycles. The van der Waals surface area contributed by atoms with E-state index in [1.165, 1.54) is 0 Å². The molecule has 106 valence electrons. The first kappa shape index (κ1) is 13.2. The Morgan fingerprint density at radius 2 is 1.76 bits per heavy atom. The molecular formula is C16H14N2O3. The molecule has 0 aliphatic heterocycles. The lowest BCUT2D eigenvalue weighted by Gasteiger charge is -2.00. The number of methoxy groups -OCH3 is 1. The van der Waals surface area contributed by atoms with E-state index >= 15 is 0 Å². The molecule has 0 radical (unpaired) electrons. The molecule has 3 aromatic rings. The number of phenolic OH excluding ortho intramolecular Hbond substituents is 1. The summed E-state index contributed by atoms with van der Waals surface area (Å²) in [6, 6.07) is 14.4. The van der Waals surface area contributed by atoms with E-state index in [0.29, 0.717) is 18.1 Å². The number of nitrogens with zero attached hydrogens (tertiary/aromatic N) is 2. The van der Waals surface area contributed by atoms with Gasteiger partial charge >= 0.3 is 0 Å². The second kappa shape index (κ2) is 5.66. The molecule has 1 N–H and O–H groups in total. The van der Waals surface area contributed by atoms with E-state index < -0.39 is 0 Å². The third-order valence-electron chi connectivity index (χ3n) is 3.10. The Labute approximate surface area is 121 Å². The molecule has 0 aliphatic rings. The highest BCUT2D eigenvalue weighted by Gasteiger charge is 2.09. The van der Waals surface area contributed by atoms with Gasteiger partial charge in [-0.2, -0.15) is 4.98 Å². The number of aromatic hydroxyl groups is 1. The van der Waals surface area contributed by atoms with E-state index in [4.69, 9.17) is 9.26 Å². The maximum atomic E-state index is 9.27. The van der Waals surface area contributed by atoms with Gasteiger partial charge in [-0.3, -0.25) is 0 Å². The van der Waals surface area contributed by atoms with Gasteiger partial charge in [0.15, 0.2) is 5.82 Å².